The highest BCUT2D eigenvalue weighted by Gasteiger charge is 2.32. The van der Waals surface area contributed by atoms with Crippen molar-refractivity contribution in [2.75, 3.05) is 11.5 Å². The third kappa shape index (κ3) is 3.02. The molecule has 1 saturated heterocycles. The largest absolute Gasteiger partial charge is 0.328 e. The summed E-state index contributed by atoms with van der Waals surface area (Å²) in [5, 5.41) is 7.22. The lowest BCUT2D eigenvalue weighted by Gasteiger charge is -2.11. The first kappa shape index (κ1) is 16.2. The molecule has 1 N–H and O–H groups in total. The van der Waals surface area contributed by atoms with Crippen molar-refractivity contribution in [2.24, 2.45) is 0 Å². The van der Waals surface area contributed by atoms with Gasteiger partial charge in [-0.1, -0.05) is 0 Å². The van der Waals surface area contributed by atoms with Crippen molar-refractivity contribution in [1.82, 2.24) is 24.7 Å². The van der Waals surface area contributed by atoms with Crippen LogP contribution in [0.3, 0.4) is 0 Å². The van der Waals surface area contributed by atoms with Crippen LogP contribution < -0.4 is 5.56 Å². The number of pyridine rings is 1. The number of aryl methyl sites for hydroxylation is 1. The quantitative estimate of drug-likeness (QED) is 0.739. The number of rotatable bonds is 3. The summed E-state index contributed by atoms with van der Waals surface area (Å²) in [5.74, 6) is 0.883. The predicted molar refractivity (Wildman–Crippen MR) is 94.2 cm³/mol. The van der Waals surface area contributed by atoms with Gasteiger partial charge in [-0.25, -0.2) is 23.1 Å². The van der Waals surface area contributed by atoms with Gasteiger partial charge in [0.2, 0.25) is 5.82 Å². The van der Waals surface area contributed by atoms with Gasteiger partial charge in [0.25, 0.3) is 5.56 Å². The van der Waals surface area contributed by atoms with Gasteiger partial charge in [-0.05, 0) is 25.5 Å². The monoisotopic (exact) mass is 377 g/mol. The van der Waals surface area contributed by atoms with Crippen LogP contribution in [-0.4, -0.2) is 44.7 Å². The van der Waals surface area contributed by atoms with Crippen molar-refractivity contribution < 1.29 is 8.42 Å². The first-order valence-corrected chi connectivity index (χ1v) is 10.4. The number of nitrogens with one attached hydrogen (secondary N) is 1. The number of sulfone groups is 1. The topological polar surface area (TPSA) is 111 Å². The van der Waals surface area contributed by atoms with Crippen molar-refractivity contribution in [1.29, 1.82) is 0 Å². The third-order valence-electron chi connectivity index (χ3n) is 4.09. The average Bonchev–Trinajstić information content (AvgIpc) is 3.26. The summed E-state index contributed by atoms with van der Waals surface area (Å²) in [5.41, 5.74) is 0.686. The van der Waals surface area contributed by atoms with Gasteiger partial charge in [-0.2, -0.15) is 0 Å². The minimum atomic E-state index is -3.09. The lowest BCUT2D eigenvalue weighted by atomic mass is 10.2. The number of hydrogen-bond acceptors (Lipinski definition) is 7. The summed E-state index contributed by atoms with van der Waals surface area (Å²) in [6.07, 6.45) is 2.00. The van der Waals surface area contributed by atoms with E-state index < -0.39 is 9.84 Å². The predicted octanol–water partition coefficient (Wildman–Crippen LogP) is 1.42. The Morgan fingerprint density at radius 3 is 2.84 bits per heavy atom. The third-order valence-corrected chi connectivity index (χ3v) is 6.62. The summed E-state index contributed by atoms with van der Waals surface area (Å²) in [4.78, 5) is 23.7. The zero-order valence-electron chi connectivity index (χ0n) is 13.3. The van der Waals surface area contributed by atoms with Gasteiger partial charge in [-0.3, -0.25) is 4.79 Å². The number of aromatic amines is 1. The van der Waals surface area contributed by atoms with Crippen LogP contribution in [0.25, 0.3) is 22.9 Å². The SMILES string of the molecule is Cc1nc(-c2nc(-c3ccc[nH]c3=O)n([C@@H]3CCS(=O)(=O)C3)n2)cs1. The van der Waals surface area contributed by atoms with Crippen LogP contribution in [0, 0.1) is 6.92 Å². The molecule has 10 heteroatoms. The van der Waals surface area contributed by atoms with Crippen LogP contribution in [0.4, 0.5) is 0 Å². The second kappa shape index (κ2) is 5.88. The molecule has 4 heterocycles. The molecule has 0 saturated carbocycles. The molecule has 1 atom stereocenters. The van der Waals surface area contributed by atoms with E-state index in [0.717, 1.165) is 5.01 Å². The number of hydrogen-bond donors (Lipinski definition) is 1. The Bertz CT molecular complexity index is 1100. The maximum atomic E-state index is 12.2. The van der Waals surface area contributed by atoms with Crippen molar-refractivity contribution >= 4 is 21.2 Å². The van der Waals surface area contributed by atoms with Gasteiger partial charge in [0, 0.05) is 11.6 Å². The lowest BCUT2D eigenvalue weighted by Crippen LogP contribution is -2.17. The molecule has 0 spiro atoms. The summed E-state index contributed by atoms with van der Waals surface area (Å²) in [6, 6.07) is 3.02. The molecule has 130 valence electrons. The van der Waals surface area contributed by atoms with Crippen molar-refractivity contribution in [3.8, 4) is 22.9 Å². The van der Waals surface area contributed by atoms with E-state index in [1.165, 1.54) is 17.5 Å². The highest BCUT2D eigenvalue weighted by Crippen LogP contribution is 2.29. The molecule has 0 amide bonds. The van der Waals surface area contributed by atoms with E-state index in [1.54, 1.807) is 16.8 Å². The van der Waals surface area contributed by atoms with Crippen molar-refractivity contribution in [3.63, 3.8) is 0 Å². The van der Waals surface area contributed by atoms with E-state index >= 15 is 0 Å². The Labute approximate surface area is 147 Å². The first-order valence-electron chi connectivity index (χ1n) is 7.70. The highest BCUT2D eigenvalue weighted by molar-refractivity contribution is 7.91. The molecule has 4 rings (SSSR count). The van der Waals surface area contributed by atoms with Gasteiger partial charge < -0.3 is 4.98 Å². The zero-order chi connectivity index (χ0) is 17.6. The zero-order valence-corrected chi connectivity index (χ0v) is 15.0. The van der Waals surface area contributed by atoms with E-state index in [2.05, 4.69) is 20.1 Å². The van der Waals surface area contributed by atoms with Gasteiger partial charge >= 0.3 is 0 Å². The molecular formula is C15H15N5O3S2. The Balaban J connectivity index is 1.88. The van der Waals surface area contributed by atoms with Gasteiger partial charge in [0.05, 0.1) is 28.1 Å². The summed E-state index contributed by atoms with van der Waals surface area (Å²) < 4.78 is 25.3. The molecule has 25 heavy (non-hydrogen) atoms. The summed E-state index contributed by atoms with van der Waals surface area (Å²) in [7, 11) is -3.09. The van der Waals surface area contributed by atoms with E-state index in [1.807, 2.05) is 12.3 Å². The number of thiazole rings is 1. The molecular weight excluding hydrogens is 362 g/mol. The molecule has 3 aromatic heterocycles. The van der Waals surface area contributed by atoms with Crippen LogP contribution in [-0.2, 0) is 9.84 Å². The number of aromatic nitrogens is 5. The number of nitrogens with zero attached hydrogens (tertiary/aromatic N) is 4. The lowest BCUT2D eigenvalue weighted by molar-refractivity contribution is 0.505. The van der Waals surface area contributed by atoms with Crippen molar-refractivity contribution in [2.45, 2.75) is 19.4 Å². The minimum absolute atomic E-state index is 0.00360. The van der Waals surface area contributed by atoms with Crippen LogP contribution in [0.2, 0.25) is 0 Å². The highest BCUT2D eigenvalue weighted by atomic mass is 32.2. The normalized spacial score (nSPS) is 19.3. The molecule has 0 aliphatic carbocycles. The Hall–Kier alpha value is -2.33. The van der Waals surface area contributed by atoms with E-state index in [4.69, 9.17) is 0 Å². The second-order valence-electron chi connectivity index (χ2n) is 5.93. The second-order valence-corrected chi connectivity index (χ2v) is 9.22. The van der Waals surface area contributed by atoms with E-state index in [9.17, 15) is 13.2 Å². The molecule has 1 aliphatic rings. The Morgan fingerprint density at radius 1 is 1.36 bits per heavy atom. The standard InChI is InChI=1S/C15H15N5O3S2/c1-9-17-12(7-24-9)13-18-14(11-3-2-5-16-15(11)21)20(19-13)10-4-6-25(22,23)8-10/h2-3,5,7,10H,4,6,8H2,1H3,(H,16,21)/t10-/m1/s1. The minimum Gasteiger partial charge on any atom is -0.328 e. The maximum Gasteiger partial charge on any atom is 0.259 e. The van der Waals surface area contributed by atoms with Crippen LogP contribution in [0.5, 0.6) is 0 Å². The molecule has 8 nitrogen and oxygen atoms in total. The molecule has 0 bridgehead atoms. The van der Waals surface area contributed by atoms with Crippen LogP contribution in [0.1, 0.15) is 17.5 Å². The maximum absolute atomic E-state index is 12.2. The molecule has 1 fully saturated rings. The van der Waals surface area contributed by atoms with Crippen LogP contribution in [0.15, 0.2) is 28.5 Å². The van der Waals surface area contributed by atoms with E-state index in [0.29, 0.717) is 29.3 Å². The summed E-state index contributed by atoms with van der Waals surface area (Å²) in [6.45, 7) is 1.89. The van der Waals surface area contributed by atoms with Crippen molar-refractivity contribution in [3.05, 3.63) is 39.1 Å². The molecule has 3 aromatic rings. The van der Waals surface area contributed by atoms with Gasteiger partial charge in [0.15, 0.2) is 15.7 Å². The van der Waals surface area contributed by atoms with Crippen LogP contribution >= 0.6 is 11.3 Å². The first-order chi connectivity index (χ1) is 11.9. The Morgan fingerprint density at radius 2 is 2.20 bits per heavy atom. The molecule has 0 unspecified atom stereocenters. The average molecular weight is 377 g/mol. The molecule has 1 aliphatic heterocycles. The van der Waals surface area contributed by atoms with Gasteiger partial charge in [0.1, 0.15) is 5.69 Å². The fraction of sp³-hybridized carbons (Fsp3) is 0.333. The summed E-state index contributed by atoms with van der Waals surface area (Å²) >= 11 is 1.48. The fourth-order valence-corrected chi connectivity index (χ4v) is 5.19. The Kier molecular flexibility index (Phi) is 3.80. The van der Waals surface area contributed by atoms with E-state index in [-0.39, 0.29) is 23.1 Å². The molecule has 0 aromatic carbocycles. The molecule has 0 radical (unpaired) electrons. The number of H-pyrrole nitrogens is 1. The smallest absolute Gasteiger partial charge is 0.259 e. The van der Waals surface area contributed by atoms with Gasteiger partial charge in [-0.15, -0.1) is 16.4 Å². The fourth-order valence-electron chi connectivity index (χ4n) is 2.90.